The highest BCUT2D eigenvalue weighted by Gasteiger charge is 2.05. The van der Waals surface area contributed by atoms with Gasteiger partial charge in [-0.1, -0.05) is 48.8 Å². The minimum atomic E-state index is -0.494. The normalized spacial score (nSPS) is 11.7. The van der Waals surface area contributed by atoms with E-state index in [0.717, 1.165) is 75.2 Å². The molecule has 0 saturated heterocycles. The van der Waals surface area contributed by atoms with Gasteiger partial charge < -0.3 is 10.4 Å². The molecule has 0 amide bonds. The third-order valence-electron chi connectivity index (χ3n) is 4.84. The van der Waals surface area contributed by atoms with E-state index < -0.39 is 11.6 Å². The molecule has 2 aromatic rings. The fourth-order valence-electron chi connectivity index (χ4n) is 3.24. The van der Waals surface area contributed by atoms with Crippen molar-refractivity contribution in [2.45, 2.75) is 64.2 Å². The zero-order valence-corrected chi connectivity index (χ0v) is 17.0. The lowest BCUT2D eigenvalue weighted by molar-refractivity contribution is 0.321. The van der Waals surface area contributed by atoms with Crippen LogP contribution in [0.4, 0.5) is 8.78 Å². The van der Waals surface area contributed by atoms with Gasteiger partial charge in [-0.15, -0.1) is 0 Å². The Morgan fingerprint density at radius 3 is 1.37 bits per heavy atom. The summed E-state index contributed by atoms with van der Waals surface area (Å²) in [6.45, 7) is 0. The molecule has 0 unspecified atom stereocenters. The quantitative estimate of drug-likeness (QED) is 0.200. The number of unbranched alkanes of at least 4 members (excludes halogenated alkanes) is 7. The van der Waals surface area contributed by atoms with E-state index in [2.05, 4.69) is 20.3 Å². The van der Waals surface area contributed by atoms with Gasteiger partial charge in [-0.2, -0.15) is 0 Å². The minimum Gasteiger partial charge on any atom is -0.411 e. The first kappa shape index (κ1) is 23.4. The van der Waals surface area contributed by atoms with E-state index in [0.29, 0.717) is 0 Å². The highest BCUT2D eigenvalue weighted by Crippen LogP contribution is 2.13. The monoisotopic (exact) mass is 418 g/mol. The third-order valence-corrected chi connectivity index (χ3v) is 4.84. The molecule has 0 bridgehead atoms. The molecule has 2 aromatic heterocycles. The summed E-state index contributed by atoms with van der Waals surface area (Å²) < 4.78 is 26.9. The molecule has 162 valence electrons. The topological polar surface area (TPSA) is 91.0 Å². The molecule has 0 saturated carbocycles. The Kier molecular flexibility index (Phi) is 10.4. The van der Waals surface area contributed by atoms with E-state index in [9.17, 15) is 8.78 Å². The lowest BCUT2D eigenvalue weighted by Gasteiger charge is -2.05. The number of pyridine rings is 2. The molecule has 2 rings (SSSR count). The van der Waals surface area contributed by atoms with Crippen molar-refractivity contribution in [2.24, 2.45) is 10.3 Å². The van der Waals surface area contributed by atoms with Crippen molar-refractivity contribution < 1.29 is 19.2 Å². The molecule has 0 aliphatic carbocycles. The van der Waals surface area contributed by atoms with Crippen LogP contribution in [0.5, 0.6) is 0 Å². The van der Waals surface area contributed by atoms with Gasteiger partial charge in [0.25, 0.3) is 0 Å². The van der Waals surface area contributed by atoms with E-state index in [4.69, 9.17) is 10.4 Å². The van der Waals surface area contributed by atoms with Crippen molar-refractivity contribution in [1.29, 1.82) is 0 Å². The first-order valence-corrected chi connectivity index (χ1v) is 10.3. The molecule has 0 aliphatic rings. The van der Waals surface area contributed by atoms with Gasteiger partial charge >= 0.3 is 0 Å². The van der Waals surface area contributed by atoms with E-state index in [1.165, 1.54) is 25.0 Å². The molecule has 0 radical (unpaired) electrons. The third kappa shape index (κ3) is 8.23. The van der Waals surface area contributed by atoms with Crippen LogP contribution in [-0.4, -0.2) is 32.8 Å². The van der Waals surface area contributed by atoms with Crippen molar-refractivity contribution in [3.8, 4) is 0 Å². The Morgan fingerprint density at radius 1 is 0.633 bits per heavy atom. The summed E-state index contributed by atoms with van der Waals surface area (Å²) in [4.78, 5) is 8.29. The number of hydrogen-bond acceptors (Lipinski definition) is 6. The van der Waals surface area contributed by atoms with Crippen LogP contribution in [0, 0.1) is 11.6 Å². The lowest BCUT2D eigenvalue weighted by Crippen LogP contribution is -1.99. The maximum Gasteiger partial charge on any atom is 0.150 e. The summed E-state index contributed by atoms with van der Waals surface area (Å²) in [6, 6.07) is 6.03. The fourth-order valence-corrected chi connectivity index (χ4v) is 3.24. The van der Waals surface area contributed by atoms with E-state index in [1.807, 2.05) is 0 Å². The highest BCUT2D eigenvalue weighted by atomic mass is 19.1. The summed E-state index contributed by atoms with van der Waals surface area (Å²) in [7, 11) is 0. The van der Waals surface area contributed by atoms with Crippen molar-refractivity contribution in [2.75, 3.05) is 0 Å². The second-order valence-electron chi connectivity index (χ2n) is 7.16. The van der Waals surface area contributed by atoms with Crippen LogP contribution in [0.2, 0.25) is 0 Å². The van der Waals surface area contributed by atoms with E-state index >= 15 is 0 Å². The number of rotatable bonds is 13. The number of nitrogens with zero attached hydrogens (tertiary/aromatic N) is 4. The molecular formula is C22H28F2N4O2. The number of halogens is 2. The number of aromatic nitrogens is 2. The van der Waals surface area contributed by atoms with Crippen molar-refractivity contribution >= 4 is 12.4 Å². The molecule has 2 N–H and O–H groups in total. The minimum absolute atomic E-state index is 0.0589. The summed E-state index contributed by atoms with van der Waals surface area (Å²) in [5.41, 5.74) is 1.72. The first-order chi connectivity index (χ1) is 14.6. The van der Waals surface area contributed by atoms with Crippen LogP contribution < -0.4 is 0 Å². The number of hydrogen-bond donors (Lipinski definition) is 2. The van der Waals surface area contributed by atoms with Gasteiger partial charge in [0.2, 0.25) is 0 Å². The van der Waals surface area contributed by atoms with Gasteiger partial charge in [-0.05, 0) is 49.9 Å². The number of aryl methyl sites for hydroxylation is 2. The molecule has 0 aromatic carbocycles. The van der Waals surface area contributed by atoms with Gasteiger partial charge in [-0.3, -0.25) is 0 Å². The summed E-state index contributed by atoms with van der Waals surface area (Å²) in [6.07, 6.45) is 12.4. The van der Waals surface area contributed by atoms with Crippen molar-refractivity contribution in [3.05, 3.63) is 58.7 Å². The van der Waals surface area contributed by atoms with E-state index in [-0.39, 0.29) is 11.4 Å². The van der Waals surface area contributed by atoms with Crippen molar-refractivity contribution in [1.82, 2.24) is 9.97 Å². The summed E-state index contributed by atoms with van der Waals surface area (Å²) in [5.74, 6) is -0.989. The zero-order valence-electron chi connectivity index (χ0n) is 17.0. The second-order valence-corrected chi connectivity index (χ2v) is 7.16. The summed E-state index contributed by atoms with van der Waals surface area (Å²) in [5, 5.41) is 22.7. The van der Waals surface area contributed by atoms with Gasteiger partial charge in [-0.25, -0.2) is 18.7 Å². The molecule has 6 nitrogen and oxygen atoms in total. The lowest BCUT2D eigenvalue weighted by atomic mass is 10.0. The SMILES string of the molecule is O/N=C/c1nc(CCCCCCCCCCc2ccc(F)c(/C=N/O)n2)ccc1F. The highest BCUT2D eigenvalue weighted by molar-refractivity contribution is 5.77. The standard InChI is InChI=1S/C22H28F2N4O2/c23-19-13-11-17(27-21(19)15-25-29)9-7-5-3-1-2-4-6-8-10-18-12-14-20(24)22(28-18)16-26-30/h11-16,29-30H,1-10H2/b25-15+,26-16+. The Bertz CT molecular complexity index is 774. The second kappa shape index (κ2) is 13.3. The molecule has 0 atom stereocenters. The van der Waals surface area contributed by atoms with Crippen LogP contribution in [0.15, 0.2) is 34.6 Å². The van der Waals surface area contributed by atoms with E-state index in [1.54, 1.807) is 12.1 Å². The Balaban J connectivity index is 1.53. The molecule has 0 aliphatic heterocycles. The van der Waals surface area contributed by atoms with Gasteiger partial charge in [0.1, 0.15) is 11.4 Å². The van der Waals surface area contributed by atoms with Crippen molar-refractivity contribution in [3.63, 3.8) is 0 Å². The first-order valence-electron chi connectivity index (χ1n) is 10.3. The van der Waals surface area contributed by atoms with Crippen LogP contribution >= 0.6 is 0 Å². The Hall–Kier alpha value is -2.90. The fraction of sp³-hybridized carbons (Fsp3) is 0.455. The predicted octanol–water partition coefficient (Wildman–Crippen LogP) is 5.28. The molecule has 0 fully saturated rings. The molecule has 30 heavy (non-hydrogen) atoms. The predicted molar refractivity (Wildman–Crippen MR) is 111 cm³/mol. The van der Waals surface area contributed by atoms with Crippen LogP contribution in [0.3, 0.4) is 0 Å². The van der Waals surface area contributed by atoms with Gasteiger partial charge in [0.15, 0.2) is 11.6 Å². The molecular weight excluding hydrogens is 390 g/mol. The molecule has 0 spiro atoms. The molecule has 8 heteroatoms. The maximum absolute atomic E-state index is 13.4. The van der Waals surface area contributed by atoms with Gasteiger partial charge in [0.05, 0.1) is 12.4 Å². The Labute approximate surface area is 175 Å². The number of oxime groups is 2. The zero-order chi connectivity index (χ0) is 21.6. The van der Waals surface area contributed by atoms with Crippen LogP contribution in [-0.2, 0) is 12.8 Å². The van der Waals surface area contributed by atoms with Crippen LogP contribution in [0.25, 0.3) is 0 Å². The largest absolute Gasteiger partial charge is 0.411 e. The average molecular weight is 418 g/mol. The Morgan fingerprint density at radius 2 is 1.00 bits per heavy atom. The molecule has 2 heterocycles. The maximum atomic E-state index is 13.4. The van der Waals surface area contributed by atoms with Crippen LogP contribution in [0.1, 0.15) is 74.1 Å². The smallest absolute Gasteiger partial charge is 0.150 e. The average Bonchev–Trinajstić information content (AvgIpc) is 2.74. The summed E-state index contributed by atoms with van der Waals surface area (Å²) >= 11 is 0. The van der Waals surface area contributed by atoms with Gasteiger partial charge in [0, 0.05) is 11.4 Å².